The number of amides is 1. The van der Waals surface area contributed by atoms with E-state index in [-0.39, 0.29) is 0 Å². The maximum absolute atomic E-state index is 13.2. The number of anilines is 1. The van der Waals surface area contributed by atoms with Gasteiger partial charge in [-0.05, 0) is 49.1 Å². The van der Waals surface area contributed by atoms with Crippen molar-refractivity contribution in [3.05, 3.63) is 65.2 Å². The number of piperazine rings is 1. The Balaban J connectivity index is 1.17. The van der Waals surface area contributed by atoms with Crippen LogP contribution in [0, 0.1) is 5.92 Å². The largest absolute Gasteiger partial charge is 0.379 e. The molecule has 3 aliphatic heterocycles. The second-order valence-corrected chi connectivity index (χ2v) is 10.7. The van der Waals surface area contributed by atoms with Crippen LogP contribution in [-0.4, -0.2) is 92.2 Å². The molecule has 0 bridgehead atoms. The van der Waals surface area contributed by atoms with Gasteiger partial charge in [0, 0.05) is 75.5 Å². The zero-order valence-corrected chi connectivity index (χ0v) is 22.0. The summed E-state index contributed by atoms with van der Waals surface area (Å²) >= 11 is 6.47. The van der Waals surface area contributed by atoms with Crippen LogP contribution in [0.15, 0.2) is 54.6 Å². The Morgan fingerprint density at radius 3 is 2.36 bits per heavy atom. The number of benzene rings is 2. The van der Waals surface area contributed by atoms with Crippen molar-refractivity contribution in [1.29, 1.82) is 0 Å². The third-order valence-corrected chi connectivity index (χ3v) is 8.50. The predicted molar refractivity (Wildman–Crippen MR) is 145 cm³/mol. The first kappa shape index (κ1) is 25.5. The Hall–Kier alpha value is -2.12. The van der Waals surface area contributed by atoms with Gasteiger partial charge in [0.05, 0.1) is 13.2 Å². The van der Waals surface area contributed by atoms with Gasteiger partial charge in [0.15, 0.2) is 0 Å². The number of hydrogen-bond donors (Lipinski definition) is 0. The van der Waals surface area contributed by atoms with E-state index in [0.717, 1.165) is 90.0 Å². The highest BCUT2D eigenvalue weighted by molar-refractivity contribution is 6.31. The van der Waals surface area contributed by atoms with E-state index in [9.17, 15) is 4.79 Å². The summed E-state index contributed by atoms with van der Waals surface area (Å²) in [6.07, 6.45) is 2.72. The highest BCUT2D eigenvalue weighted by Gasteiger charge is 2.34. The first-order chi connectivity index (χ1) is 17.7. The molecule has 3 heterocycles. The Labute approximate surface area is 220 Å². The lowest BCUT2D eigenvalue weighted by Gasteiger charge is -2.45. The topological polar surface area (TPSA) is 39.3 Å². The number of hydrogen-bond acceptors (Lipinski definition) is 5. The molecule has 5 rings (SSSR count). The quantitative estimate of drug-likeness (QED) is 0.563. The summed E-state index contributed by atoms with van der Waals surface area (Å²) < 4.78 is 5.63. The lowest BCUT2D eigenvalue weighted by atomic mass is 9.86. The standard InChI is InChI=1S/C29H39ClN4O2/c30-27-9-5-4-6-24(27)22-31-13-12-28(33-18-20-36-21-19-33)25(23-31)10-11-29(35)34-16-14-32(15-17-34)26-7-2-1-3-8-26/h1-9,25,28H,10-23H2/t25-,28+/m0/s1. The number of likely N-dealkylation sites (tertiary alicyclic amines) is 1. The van der Waals surface area contributed by atoms with Gasteiger partial charge in [0.1, 0.15) is 0 Å². The van der Waals surface area contributed by atoms with Crippen LogP contribution < -0.4 is 4.90 Å². The van der Waals surface area contributed by atoms with E-state index in [1.165, 1.54) is 11.3 Å². The SMILES string of the molecule is O=C(CC[C@H]1CN(Cc2ccccc2Cl)CC[C@H]1N1CCOCC1)N1CCN(c2ccccc2)CC1. The van der Waals surface area contributed by atoms with Crippen molar-refractivity contribution < 1.29 is 9.53 Å². The second-order valence-electron chi connectivity index (χ2n) is 10.3. The molecule has 2 aromatic carbocycles. The summed E-state index contributed by atoms with van der Waals surface area (Å²) in [7, 11) is 0. The van der Waals surface area contributed by atoms with Crippen molar-refractivity contribution in [3.63, 3.8) is 0 Å². The van der Waals surface area contributed by atoms with Crippen LogP contribution in [0.1, 0.15) is 24.8 Å². The molecular formula is C29H39ClN4O2. The van der Waals surface area contributed by atoms with Crippen molar-refractivity contribution in [2.75, 3.05) is 70.5 Å². The van der Waals surface area contributed by atoms with Gasteiger partial charge in [-0.25, -0.2) is 0 Å². The van der Waals surface area contributed by atoms with Crippen LogP contribution in [0.4, 0.5) is 5.69 Å². The minimum Gasteiger partial charge on any atom is -0.379 e. The van der Waals surface area contributed by atoms with Crippen LogP contribution in [0.3, 0.4) is 0 Å². The van der Waals surface area contributed by atoms with E-state index >= 15 is 0 Å². The van der Waals surface area contributed by atoms with Gasteiger partial charge in [-0.2, -0.15) is 0 Å². The first-order valence-corrected chi connectivity index (χ1v) is 13.9. The zero-order chi connectivity index (χ0) is 24.7. The summed E-state index contributed by atoms with van der Waals surface area (Å²) in [5.74, 6) is 0.792. The molecular weight excluding hydrogens is 472 g/mol. The van der Waals surface area contributed by atoms with Gasteiger partial charge in [0.2, 0.25) is 5.91 Å². The molecule has 36 heavy (non-hydrogen) atoms. The molecule has 0 radical (unpaired) electrons. The molecule has 2 aromatic rings. The molecule has 0 spiro atoms. The summed E-state index contributed by atoms with van der Waals surface area (Å²) in [6.45, 7) is 10.0. The van der Waals surface area contributed by atoms with Gasteiger partial charge in [-0.15, -0.1) is 0 Å². The number of piperidine rings is 1. The first-order valence-electron chi connectivity index (χ1n) is 13.5. The molecule has 7 heteroatoms. The smallest absolute Gasteiger partial charge is 0.222 e. The Bertz CT molecular complexity index is 976. The van der Waals surface area contributed by atoms with Gasteiger partial charge in [-0.3, -0.25) is 14.6 Å². The van der Waals surface area contributed by atoms with E-state index < -0.39 is 0 Å². The predicted octanol–water partition coefficient (Wildman–Crippen LogP) is 3.99. The molecule has 2 atom stereocenters. The molecule has 3 saturated heterocycles. The van der Waals surface area contributed by atoms with Gasteiger partial charge < -0.3 is 14.5 Å². The number of nitrogens with zero attached hydrogens (tertiary/aromatic N) is 4. The summed E-state index contributed by atoms with van der Waals surface area (Å²) in [4.78, 5) is 22.8. The molecule has 0 saturated carbocycles. The van der Waals surface area contributed by atoms with E-state index in [2.05, 4.69) is 56.0 Å². The van der Waals surface area contributed by atoms with Crippen LogP contribution >= 0.6 is 11.6 Å². The molecule has 194 valence electrons. The molecule has 0 unspecified atom stereocenters. The number of morpholine rings is 1. The van der Waals surface area contributed by atoms with Crippen molar-refractivity contribution >= 4 is 23.2 Å². The third kappa shape index (κ3) is 6.41. The molecule has 3 fully saturated rings. The van der Waals surface area contributed by atoms with Crippen molar-refractivity contribution in [3.8, 4) is 0 Å². The molecule has 0 aromatic heterocycles. The second kappa shape index (κ2) is 12.4. The van der Waals surface area contributed by atoms with E-state index in [1.807, 2.05) is 18.2 Å². The van der Waals surface area contributed by atoms with Crippen LogP contribution in [0.5, 0.6) is 0 Å². The molecule has 0 N–H and O–H groups in total. The number of para-hydroxylation sites is 1. The Kier molecular flexibility index (Phi) is 8.80. The van der Waals surface area contributed by atoms with Crippen molar-refractivity contribution in [2.24, 2.45) is 5.92 Å². The lowest BCUT2D eigenvalue weighted by Crippen LogP contribution is -2.54. The highest BCUT2D eigenvalue weighted by atomic mass is 35.5. The molecule has 0 aliphatic carbocycles. The minimum absolute atomic E-state index is 0.312. The maximum Gasteiger partial charge on any atom is 0.222 e. The third-order valence-electron chi connectivity index (χ3n) is 8.13. The Morgan fingerprint density at radius 1 is 0.889 bits per heavy atom. The summed E-state index contributed by atoms with van der Waals surface area (Å²) in [6, 6.07) is 19.2. The highest BCUT2D eigenvalue weighted by Crippen LogP contribution is 2.29. The fraction of sp³-hybridized carbons (Fsp3) is 0.552. The zero-order valence-electron chi connectivity index (χ0n) is 21.2. The van der Waals surface area contributed by atoms with Gasteiger partial charge in [0.25, 0.3) is 0 Å². The average molecular weight is 511 g/mol. The lowest BCUT2D eigenvalue weighted by molar-refractivity contribution is -0.132. The van der Waals surface area contributed by atoms with E-state index in [0.29, 0.717) is 24.3 Å². The number of rotatable bonds is 7. The maximum atomic E-state index is 13.2. The van der Waals surface area contributed by atoms with E-state index in [4.69, 9.17) is 16.3 Å². The average Bonchev–Trinajstić information content (AvgIpc) is 2.94. The monoisotopic (exact) mass is 510 g/mol. The van der Waals surface area contributed by atoms with Crippen LogP contribution in [0.25, 0.3) is 0 Å². The Morgan fingerprint density at radius 2 is 1.61 bits per heavy atom. The fourth-order valence-corrected chi connectivity index (χ4v) is 6.30. The number of carbonyl (C=O) groups excluding carboxylic acids is 1. The van der Waals surface area contributed by atoms with Gasteiger partial charge in [-0.1, -0.05) is 48.0 Å². The minimum atomic E-state index is 0.312. The fourth-order valence-electron chi connectivity index (χ4n) is 6.10. The number of ether oxygens (including phenoxy) is 1. The number of halogens is 1. The molecule has 3 aliphatic rings. The van der Waals surface area contributed by atoms with E-state index in [1.54, 1.807) is 0 Å². The van der Waals surface area contributed by atoms with Gasteiger partial charge >= 0.3 is 0 Å². The summed E-state index contributed by atoms with van der Waals surface area (Å²) in [5.41, 5.74) is 2.44. The van der Waals surface area contributed by atoms with Crippen LogP contribution in [-0.2, 0) is 16.1 Å². The normalized spacial score (nSPS) is 24.1. The molecule has 6 nitrogen and oxygen atoms in total. The van der Waals surface area contributed by atoms with Crippen LogP contribution in [0.2, 0.25) is 5.02 Å². The molecule has 1 amide bonds. The summed E-state index contributed by atoms with van der Waals surface area (Å²) in [5, 5.41) is 0.842. The number of carbonyl (C=O) groups is 1. The van der Waals surface area contributed by atoms with Crippen molar-refractivity contribution in [2.45, 2.75) is 31.8 Å². The van der Waals surface area contributed by atoms with Crippen molar-refractivity contribution in [1.82, 2.24) is 14.7 Å².